The van der Waals surface area contributed by atoms with E-state index < -0.39 is 17.5 Å². The normalized spacial score (nSPS) is 13.1. The van der Waals surface area contributed by atoms with Crippen molar-refractivity contribution in [1.29, 1.82) is 0 Å². The number of fused-ring (bicyclic) bond motifs is 1. The van der Waals surface area contributed by atoms with Gasteiger partial charge in [0.1, 0.15) is 11.4 Å². The summed E-state index contributed by atoms with van der Waals surface area (Å²) in [5.74, 6) is -0.665. The number of carbonyl (C=O) groups is 2. The average Bonchev–Trinajstić information content (AvgIpc) is 3.05. The van der Waals surface area contributed by atoms with E-state index >= 15 is 0 Å². The minimum absolute atomic E-state index is 0.0606. The number of carboxylic acids is 1. The summed E-state index contributed by atoms with van der Waals surface area (Å²) in [5, 5.41) is 10.3. The lowest BCUT2D eigenvalue weighted by atomic mass is 9.86. The molecule has 6 nitrogen and oxygen atoms in total. The summed E-state index contributed by atoms with van der Waals surface area (Å²) in [6.45, 7) is 3.94. The van der Waals surface area contributed by atoms with Crippen molar-refractivity contribution in [2.24, 2.45) is 0 Å². The van der Waals surface area contributed by atoms with Gasteiger partial charge in [-0.3, -0.25) is 4.79 Å². The number of benzene rings is 2. The van der Waals surface area contributed by atoms with Crippen LogP contribution >= 0.6 is 15.9 Å². The Kier molecular flexibility index (Phi) is 6.51. The number of aliphatic carboxylic acids is 1. The second-order valence-corrected chi connectivity index (χ2v) is 7.92. The number of aromatic nitrogens is 1. The lowest BCUT2D eigenvalue weighted by Gasteiger charge is -2.34. The van der Waals surface area contributed by atoms with E-state index in [4.69, 9.17) is 9.47 Å². The van der Waals surface area contributed by atoms with Gasteiger partial charge in [-0.25, -0.2) is 4.79 Å². The highest BCUT2D eigenvalue weighted by Crippen LogP contribution is 2.41. The number of carboxylic acid groups (broad SMARTS) is 1. The number of nitrogens with zero attached hydrogens (tertiary/aromatic N) is 1. The van der Waals surface area contributed by atoms with Crippen molar-refractivity contribution in [2.75, 3.05) is 13.7 Å². The summed E-state index contributed by atoms with van der Waals surface area (Å²) in [4.78, 5) is 24.4. The second kappa shape index (κ2) is 8.92. The number of ether oxygens (including phenoxy) is 2. The average molecular weight is 474 g/mol. The maximum absolute atomic E-state index is 13.0. The van der Waals surface area contributed by atoms with Gasteiger partial charge in [-0.05, 0) is 60.0 Å². The highest BCUT2D eigenvalue weighted by atomic mass is 79.9. The van der Waals surface area contributed by atoms with E-state index in [1.165, 1.54) is 0 Å². The summed E-state index contributed by atoms with van der Waals surface area (Å²) < 4.78 is 13.1. The number of hydrogen-bond acceptors (Lipinski definition) is 4. The fourth-order valence-corrected chi connectivity index (χ4v) is 4.45. The molecule has 0 saturated heterocycles. The zero-order valence-corrected chi connectivity index (χ0v) is 18.7. The highest BCUT2D eigenvalue weighted by Gasteiger charge is 2.36. The Bertz CT molecular complexity index is 1070. The van der Waals surface area contributed by atoms with Crippen molar-refractivity contribution < 1.29 is 24.2 Å². The summed E-state index contributed by atoms with van der Waals surface area (Å²) >= 11 is 3.58. The van der Waals surface area contributed by atoms with Gasteiger partial charge in [-0.2, -0.15) is 0 Å². The molecule has 158 valence electrons. The monoisotopic (exact) mass is 473 g/mol. The molecule has 7 heteroatoms. The predicted molar refractivity (Wildman–Crippen MR) is 118 cm³/mol. The van der Waals surface area contributed by atoms with Crippen LogP contribution in [0.5, 0.6) is 5.75 Å². The van der Waals surface area contributed by atoms with Crippen LogP contribution in [0.25, 0.3) is 10.9 Å². The van der Waals surface area contributed by atoms with Crippen LogP contribution in [0, 0.1) is 0 Å². The van der Waals surface area contributed by atoms with Gasteiger partial charge in [-0.1, -0.05) is 30.3 Å². The van der Waals surface area contributed by atoms with Gasteiger partial charge in [0.2, 0.25) is 0 Å². The maximum atomic E-state index is 13.0. The minimum Gasteiger partial charge on any atom is -0.497 e. The molecule has 1 atom stereocenters. The third-order valence-corrected chi connectivity index (χ3v) is 6.12. The SMILES string of the molecule is CCOC(=O)c1c(Br)c2ccccc2n1C(C)(CCC(=O)O)c1ccc(OC)cc1. The molecule has 0 amide bonds. The van der Waals surface area contributed by atoms with Gasteiger partial charge in [0, 0.05) is 11.8 Å². The molecular formula is C23H24BrNO5. The molecule has 0 radical (unpaired) electrons. The first kappa shape index (κ1) is 21.9. The van der Waals surface area contributed by atoms with Crippen molar-refractivity contribution in [1.82, 2.24) is 4.57 Å². The summed E-state index contributed by atoms with van der Waals surface area (Å²) in [7, 11) is 1.59. The van der Waals surface area contributed by atoms with Crippen molar-refractivity contribution >= 4 is 38.8 Å². The minimum atomic E-state index is -0.900. The zero-order valence-electron chi connectivity index (χ0n) is 17.1. The van der Waals surface area contributed by atoms with E-state index in [1.807, 2.05) is 60.0 Å². The molecule has 30 heavy (non-hydrogen) atoms. The van der Waals surface area contributed by atoms with Crippen LogP contribution in [0.4, 0.5) is 0 Å². The van der Waals surface area contributed by atoms with E-state index in [-0.39, 0.29) is 19.4 Å². The Labute approximate surface area is 183 Å². The molecular weight excluding hydrogens is 450 g/mol. The Morgan fingerprint density at radius 1 is 1.13 bits per heavy atom. The molecule has 1 N–H and O–H groups in total. The third-order valence-electron chi connectivity index (χ3n) is 5.31. The maximum Gasteiger partial charge on any atom is 0.356 e. The van der Waals surface area contributed by atoms with Crippen molar-refractivity contribution in [3.8, 4) is 5.75 Å². The first-order valence-electron chi connectivity index (χ1n) is 9.66. The lowest BCUT2D eigenvalue weighted by Crippen LogP contribution is -2.35. The number of esters is 1. The smallest absolute Gasteiger partial charge is 0.356 e. The molecule has 3 aromatic rings. The Balaban J connectivity index is 2.32. The van der Waals surface area contributed by atoms with Crippen LogP contribution in [0.1, 0.15) is 42.7 Å². The number of hydrogen-bond donors (Lipinski definition) is 1. The number of para-hydroxylation sites is 1. The van der Waals surface area contributed by atoms with Crippen molar-refractivity contribution in [2.45, 2.75) is 32.2 Å². The molecule has 0 fully saturated rings. The van der Waals surface area contributed by atoms with E-state index in [9.17, 15) is 14.7 Å². The molecule has 0 aliphatic rings. The van der Waals surface area contributed by atoms with Crippen LogP contribution in [0.15, 0.2) is 53.0 Å². The number of rotatable bonds is 8. The largest absolute Gasteiger partial charge is 0.497 e. The van der Waals surface area contributed by atoms with Crippen LogP contribution in [0.3, 0.4) is 0 Å². The van der Waals surface area contributed by atoms with Gasteiger partial charge in [0.05, 0.1) is 29.2 Å². The predicted octanol–water partition coefficient (Wildman–Crippen LogP) is 5.22. The summed E-state index contributed by atoms with van der Waals surface area (Å²) in [6.07, 6.45) is 0.223. The van der Waals surface area contributed by atoms with Crippen molar-refractivity contribution in [3.05, 3.63) is 64.3 Å². The molecule has 2 aromatic carbocycles. The molecule has 0 spiro atoms. The Morgan fingerprint density at radius 2 is 1.80 bits per heavy atom. The molecule has 1 unspecified atom stereocenters. The summed E-state index contributed by atoms with van der Waals surface area (Å²) in [5.41, 5.74) is 1.22. The Morgan fingerprint density at radius 3 is 2.40 bits per heavy atom. The fourth-order valence-electron chi connectivity index (χ4n) is 3.78. The van der Waals surface area contributed by atoms with Crippen molar-refractivity contribution in [3.63, 3.8) is 0 Å². The quantitative estimate of drug-likeness (QED) is 0.453. The summed E-state index contributed by atoms with van der Waals surface area (Å²) in [6, 6.07) is 15.1. The van der Waals surface area contributed by atoms with Gasteiger partial charge in [0.15, 0.2) is 0 Å². The standard InChI is InChI=1S/C23H24BrNO5/c1-4-30-22(28)21-20(24)17-7-5-6-8-18(17)25(21)23(2,14-13-19(26)27)15-9-11-16(29-3)12-10-15/h5-12H,4,13-14H2,1-3H3,(H,26,27). The molecule has 3 rings (SSSR count). The molecule has 0 aliphatic heterocycles. The Hall–Kier alpha value is -2.80. The van der Waals surface area contributed by atoms with Crippen LogP contribution in [-0.4, -0.2) is 35.3 Å². The number of carbonyl (C=O) groups excluding carboxylic acids is 1. The molecule has 0 aliphatic carbocycles. The van der Waals surface area contributed by atoms with Gasteiger partial charge < -0.3 is 19.1 Å². The highest BCUT2D eigenvalue weighted by molar-refractivity contribution is 9.10. The van der Waals surface area contributed by atoms with E-state index in [0.717, 1.165) is 16.5 Å². The van der Waals surface area contributed by atoms with Gasteiger partial charge in [-0.15, -0.1) is 0 Å². The van der Waals surface area contributed by atoms with Crippen LogP contribution in [-0.2, 0) is 15.1 Å². The van der Waals surface area contributed by atoms with Crippen LogP contribution in [0.2, 0.25) is 0 Å². The molecule has 1 heterocycles. The molecule has 0 bridgehead atoms. The van der Waals surface area contributed by atoms with Gasteiger partial charge in [0.25, 0.3) is 0 Å². The second-order valence-electron chi connectivity index (χ2n) is 7.13. The first-order chi connectivity index (χ1) is 14.3. The lowest BCUT2D eigenvalue weighted by molar-refractivity contribution is -0.137. The van der Waals surface area contributed by atoms with Gasteiger partial charge >= 0.3 is 11.9 Å². The van der Waals surface area contributed by atoms with Crippen LogP contribution < -0.4 is 4.74 Å². The third kappa shape index (κ3) is 3.94. The molecule has 0 saturated carbocycles. The fraction of sp³-hybridized carbons (Fsp3) is 0.304. The first-order valence-corrected chi connectivity index (χ1v) is 10.5. The van der Waals surface area contributed by atoms with E-state index in [2.05, 4.69) is 15.9 Å². The topological polar surface area (TPSA) is 77.8 Å². The van der Waals surface area contributed by atoms with E-state index in [1.54, 1.807) is 14.0 Å². The number of halogens is 1. The van der Waals surface area contributed by atoms with E-state index in [0.29, 0.717) is 15.9 Å². The zero-order chi connectivity index (χ0) is 21.9. The number of methoxy groups -OCH3 is 1. The molecule has 1 aromatic heterocycles.